The molecule has 2 amide bonds. The van der Waals surface area contributed by atoms with E-state index in [2.05, 4.69) is 22.8 Å². The zero-order chi connectivity index (χ0) is 27.8. The Morgan fingerprint density at radius 3 is 2.08 bits per heavy atom. The van der Waals surface area contributed by atoms with E-state index in [0.717, 1.165) is 43.2 Å². The quantitative estimate of drug-likeness (QED) is 0.309. The Hall–Kier alpha value is -2.43. The van der Waals surface area contributed by atoms with Crippen molar-refractivity contribution in [2.24, 2.45) is 17.3 Å². The van der Waals surface area contributed by atoms with Crippen LogP contribution in [0.3, 0.4) is 0 Å². The van der Waals surface area contributed by atoms with Crippen molar-refractivity contribution in [2.45, 2.75) is 77.9 Å². The highest BCUT2D eigenvalue weighted by molar-refractivity contribution is 7.57. The molecule has 0 aliphatic heterocycles. The molecule has 1 aliphatic rings. The minimum Gasteiger partial charge on any atom is -0.357 e. The molecule has 2 aromatic carbocycles. The molecule has 0 heterocycles. The lowest BCUT2D eigenvalue weighted by molar-refractivity contribution is -0.133. The lowest BCUT2D eigenvalue weighted by Gasteiger charge is -2.33. The maximum atomic E-state index is 13.5. The second-order valence-electron chi connectivity index (χ2n) is 12.0. The van der Waals surface area contributed by atoms with Gasteiger partial charge in [0.05, 0.1) is 0 Å². The van der Waals surface area contributed by atoms with Crippen LogP contribution in [0.5, 0.6) is 0 Å². The second-order valence-corrected chi connectivity index (χ2v) is 14.4. The zero-order valence-electron chi connectivity index (χ0n) is 23.4. The Kier molecular flexibility index (Phi) is 10.8. The van der Waals surface area contributed by atoms with E-state index in [0.29, 0.717) is 12.3 Å². The van der Waals surface area contributed by atoms with Gasteiger partial charge in [-0.15, -0.1) is 0 Å². The summed E-state index contributed by atoms with van der Waals surface area (Å²) in [6.45, 7) is 5.71. The van der Waals surface area contributed by atoms with Crippen molar-refractivity contribution >= 4 is 19.2 Å². The number of carbonyl (C=O) groups excluding carboxylic acids is 2. The zero-order valence-corrected chi connectivity index (χ0v) is 24.3. The molecule has 7 heteroatoms. The highest BCUT2D eigenvalue weighted by atomic mass is 31.2. The summed E-state index contributed by atoms with van der Waals surface area (Å²) in [4.78, 5) is 37.1. The van der Waals surface area contributed by atoms with Gasteiger partial charge in [-0.05, 0) is 40.9 Å². The van der Waals surface area contributed by atoms with Crippen molar-refractivity contribution in [1.82, 2.24) is 10.6 Å². The summed E-state index contributed by atoms with van der Waals surface area (Å²) in [5.74, 6) is -0.803. The van der Waals surface area contributed by atoms with Gasteiger partial charge in [-0.25, -0.2) is 0 Å². The molecule has 3 rings (SSSR count). The molecule has 38 heavy (non-hydrogen) atoms. The van der Waals surface area contributed by atoms with Gasteiger partial charge in [-0.1, -0.05) is 107 Å². The van der Waals surface area contributed by atoms with Crippen molar-refractivity contribution in [3.63, 3.8) is 0 Å². The van der Waals surface area contributed by atoms with Crippen molar-refractivity contribution < 1.29 is 19.0 Å². The standard InChI is InChI=1S/C31H45N2O4P/c1-31(2,3)28(30(35)32-4)33-29(34)27(20-24-13-9-6-10-14-24)22-38(36,37)21-26-17-15-25(16-18-26)19-23-11-7-5-8-12-23/h5,7-8,11-12,15-18,24,27-28H,6,9-10,13-14,19-22H2,1-4H3,(H,32,35)(H,33,34)(H,36,37). The number of hydrogen-bond donors (Lipinski definition) is 3. The minimum absolute atomic E-state index is 0.0329. The Morgan fingerprint density at radius 2 is 1.50 bits per heavy atom. The SMILES string of the molecule is CNC(=O)C(NC(=O)C(CC1CCCCC1)CP(=O)(O)Cc1ccc(Cc2ccccc2)cc1)C(C)(C)C. The summed E-state index contributed by atoms with van der Waals surface area (Å²) in [6.07, 6.45) is 6.90. The number of likely N-dealkylation sites (N-methyl/N-ethyl adjacent to an activating group) is 1. The molecule has 1 fully saturated rings. The van der Waals surface area contributed by atoms with Crippen molar-refractivity contribution in [3.05, 3.63) is 71.3 Å². The van der Waals surface area contributed by atoms with Crippen LogP contribution in [0.25, 0.3) is 0 Å². The summed E-state index contributed by atoms with van der Waals surface area (Å²) in [6, 6.07) is 17.3. The fourth-order valence-electron chi connectivity index (χ4n) is 5.46. The van der Waals surface area contributed by atoms with E-state index < -0.39 is 24.7 Å². The van der Waals surface area contributed by atoms with E-state index in [9.17, 15) is 19.0 Å². The van der Waals surface area contributed by atoms with E-state index in [4.69, 9.17) is 0 Å². The third kappa shape index (κ3) is 9.39. The summed E-state index contributed by atoms with van der Waals surface area (Å²) in [5.41, 5.74) is 2.66. The molecule has 1 aliphatic carbocycles. The van der Waals surface area contributed by atoms with Crippen molar-refractivity contribution in [3.8, 4) is 0 Å². The molecule has 3 N–H and O–H groups in total. The highest BCUT2D eigenvalue weighted by Gasteiger charge is 2.37. The average Bonchev–Trinajstić information content (AvgIpc) is 2.87. The Morgan fingerprint density at radius 1 is 0.921 bits per heavy atom. The van der Waals surface area contributed by atoms with Gasteiger partial charge in [0.2, 0.25) is 19.2 Å². The smallest absolute Gasteiger partial charge is 0.242 e. The first-order chi connectivity index (χ1) is 18.0. The fraction of sp³-hybridized carbons (Fsp3) is 0.548. The van der Waals surface area contributed by atoms with Gasteiger partial charge >= 0.3 is 0 Å². The van der Waals surface area contributed by atoms with Gasteiger partial charge < -0.3 is 15.5 Å². The number of amides is 2. The molecule has 0 aromatic heterocycles. The van der Waals surface area contributed by atoms with Gasteiger partial charge in [0.25, 0.3) is 0 Å². The topological polar surface area (TPSA) is 95.5 Å². The lowest BCUT2D eigenvalue weighted by atomic mass is 9.82. The highest BCUT2D eigenvalue weighted by Crippen LogP contribution is 2.48. The molecule has 2 aromatic rings. The van der Waals surface area contributed by atoms with Gasteiger partial charge in [-0.3, -0.25) is 14.2 Å². The van der Waals surface area contributed by atoms with E-state index in [1.54, 1.807) is 7.05 Å². The Balaban J connectivity index is 1.71. The third-order valence-corrected chi connectivity index (χ3v) is 9.45. The van der Waals surface area contributed by atoms with Crippen molar-refractivity contribution in [2.75, 3.05) is 13.2 Å². The number of carbonyl (C=O) groups is 2. The molecular formula is C31H45N2O4P. The van der Waals surface area contributed by atoms with Crippen LogP contribution in [-0.4, -0.2) is 36.0 Å². The monoisotopic (exact) mass is 540 g/mol. The first-order valence-electron chi connectivity index (χ1n) is 13.9. The van der Waals surface area contributed by atoms with Crippen LogP contribution in [-0.2, 0) is 26.7 Å². The maximum Gasteiger partial charge on any atom is 0.242 e. The Labute approximate surface area is 228 Å². The van der Waals surface area contributed by atoms with Crippen LogP contribution in [0.1, 0.15) is 76.0 Å². The molecule has 6 nitrogen and oxygen atoms in total. The van der Waals surface area contributed by atoms with Gasteiger partial charge in [0.1, 0.15) is 6.04 Å². The van der Waals surface area contributed by atoms with Gasteiger partial charge in [0.15, 0.2) is 0 Å². The molecule has 0 radical (unpaired) electrons. The summed E-state index contributed by atoms with van der Waals surface area (Å²) >= 11 is 0. The number of benzene rings is 2. The van der Waals surface area contributed by atoms with E-state index in [1.807, 2.05) is 63.2 Å². The van der Waals surface area contributed by atoms with E-state index in [-0.39, 0.29) is 24.1 Å². The fourth-order valence-corrected chi connectivity index (χ4v) is 7.37. The van der Waals surface area contributed by atoms with Crippen LogP contribution >= 0.6 is 7.37 Å². The first kappa shape index (κ1) is 30.1. The molecule has 0 saturated heterocycles. The molecule has 1 saturated carbocycles. The Bertz CT molecular complexity index is 1090. The molecule has 3 unspecified atom stereocenters. The molecular weight excluding hydrogens is 495 g/mol. The van der Waals surface area contributed by atoms with E-state index in [1.165, 1.54) is 12.0 Å². The average molecular weight is 541 g/mol. The molecule has 0 spiro atoms. The summed E-state index contributed by atoms with van der Waals surface area (Å²) in [7, 11) is -2.09. The molecule has 0 bridgehead atoms. The van der Waals surface area contributed by atoms with Crippen LogP contribution in [0, 0.1) is 17.3 Å². The predicted molar refractivity (Wildman–Crippen MR) is 154 cm³/mol. The number of hydrogen-bond acceptors (Lipinski definition) is 3. The van der Waals surface area contributed by atoms with Crippen LogP contribution < -0.4 is 10.6 Å². The maximum absolute atomic E-state index is 13.5. The normalized spacial score (nSPS) is 17.7. The largest absolute Gasteiger partial charge is 0.357 e. The lowest BCUT2D eigenvalue weighted by Crippen LogP contribution is -2.54. The van der Waals surface area contributed by atoms with E-state index >= 15 is 0 Å². The summed E-state index contributed by atoms with van der Waals surface area (Å²) < 4.78 is 13.5. The van der Waals surface area contributed by atoms with Crippen LogP contribution in [0.2, 0.25) is 0 Å². The predicted octanol–water partition coefficient (Wildman–Crippen LogP) is 5.91. The van der Waals surface area contributed by atoms with Gasteiger partial charge in [0, 0.05) is 25.3 Å². The van der Waals surface area contributed by atoms with Crippen LogP contribution in [0.15, 0.2) is 54.6 Å². The minimum atomic E-state index is -3.65. The number of rotatable bonds is 11. The van der Waals surface area contributed by atoms with Crippen LogP contribution in [0.4, 0.5) is 0 Å². The van der Waals surface area contributed by atoms with Gasteiger partial charge in [-0.2, -0.15) is 0 Å². The number of nitrogens with one attached hydrogen (secondary N) is 2. The molecule has 208 valence electrons. The first-order valence-corrected chi connectivity index (χ1v) is 15.9. The third-order valence-electron chi connectivity index (χ3n) is 7.58. The second kappa shape index (κ2) is 13.6. The molecule has 3 atom stereocenters. The van der Waals surface area contributed by atoms with Crippen molar-refractivity contribution in [1.29, 1.82) is 0 Å². The summed E-state index contributed by atoms with van der Waals surface area (Å²) in [5, 5.41) is 5.57.